The number of amides is 1. The molecule has 1 saturated carbocycles. The van der Waals surface area contributed by atoms with Crippen molar-refractivity contribution >= 4 is 17.2 Å². The Balaban J connectivity index is 1.93. The van der Waals surface area contributed by atoms with Gasteiger partial charge < -0.3 is 10.4 Å². The molecule has 0 bridgehead atoms. The van der Waals surface area contributed by atoms with Crippen molar-refractivity contribution in [3.8, 4) is 0 Å². The van der Waals surface area contributed by atoms with Gasteiger partial charge in [0.2, 0.25) is 0 Å². The third kappa shape index (κ3) is 3.57. The minimum atomic E-state index is -0.711. The van der Waals surface area contributed by atoms with Gasteiger partial charge >= 0.3 is 0 Å². The third-order valence-corrected chi connectivity index (χ3v) is 4.93. The number of aliphatic hydroxyl groups is 1. The first-order chi connectivity index (χ1) is 9.04. The van der Waals surface area contributed by atoms with Gasteiger partial charge in [-0.1, -0.05) is 26.7 Å². The molecule has 0 aromatic carbocycles. The molecule has 3 nitrogen and oxygen atoms in total. The maximum atomic E-state index is 12.1. The molecule has 0 radical (unpaired) electrons. The van der Waals surface area contributed by atoms with Crippen LogP contribution in [0.15, 0.2) is 11.4 Å². The SMILES string of the molecule is CCc1ccsc1C(=O)NCC1(O)CCCC(C)C1. The van der Waals surface area contributed by atoms with E-state index in [2.05, 4.69) is 19.2 Å². The fraction of sp³-hybridized carbons (Fsp3) is 0.667. The highest BCUT2D eigenvalue weighted by atomic mass is 32.1. The molecule has 4 heteroatoms. The average Bonchev–Trinajstić information content (AvgIpc) is 2.84. The van der Waals surface area contributed by atoms with E-state index < -0.39 is 5.60 Å². The summed E-state index contributed by atoms with van der Waals surface area (Å²) in [6, 6.07) is 2.00. The van der Waals surface area contributed by atoms with Crippen LogP contribution in [0.5, 0.6) is 0 Å². The highest BCUT2D eigenvalue weighted by molar-refractivity contribution is 7.12. The Morgan fingerprint density at radius 1 is 1.63 bits per heavy atom. The Labute approximate surface area is 119 Å². The van der Waals surface area contributed by atoms with Crippen LogP contribution in [-0.4, -0.2) is 23.2 Å². The fourth-order valence-corrected chi connectivity index (χ4v) is 3.84. The van der Waals surface area contributed by atoms with Crippen molar-refractivity contribution in [3.63, 3.8) is 0 Å². The van der Waals surface area contributed by atoms with Gasteiger partial charge in [-0.3, -0.25) is 4.79 Å². The van der Waals surface area contributed by atoms with Crippen molar-refractivity contribution in [2.24, 2.45) is 5.92 Å². The van der Waals surface area contributed by atoms with Crippen LogP contribution in [0.3, 0.4) is 0 Å². The lowest BCUT2D eigenvalue weighted by atomic mass is 9.79. The number of nitrogens with one attached hydrogen (secondary N) is 1. The Bertz CT molecular complexity index is 443. The van der Waals surface area contributed by atoms with Gasteiger partial charge in [-0.05, 0) is 42.2 Å². The van der Waals surface area contributed by atoms with Crippen molar-refractivity contribution in [2.75, 3.05) is 6.54 Å². The summed E-state index contributed by atoms with van der Waals surface area (Å²) in [5.74, 6) is 0.502. The summed E-state index contributed by atoms with van der Waals surface area (Å²) in [6.07, 6.45) is 4.68. The smallest absolute Gasteiger partial charge is 0.261 e. The molecule has 2 rings (SSSR count). The van der Waals surface area contributed by atoms with Gasteiger partial charge in [-0.15, -0.1) is 11.3 Å². The van der Waals surface area contributed by atoms with E-state index in [1.54, 1.807) is 0 Å². The van der Waals surface area contributed by atoms with Crippen LogP contribution in [-0.2, 0) is 6.42 Å². The second-order valence-corrected chi connectivity index (χ2v) is 6.65. The van der Waals surface area contributed by atoms with E-state index in [1.807, 2.05) is 11.4 Å². The molecular weight excluding hydrogens is 258 g/mol. The van der Waals surface area contributed by atoms with Crippen molar-refractivity contribution in [1.82, 2.24) is 5.32 Å². The minimum absolute atomic E-state index is 0.0431. The normalized spacial score (nSPS) is 27.2. The van der Waals surface area contributed by atoms with Gasteiger partial charge in [-0.2, -0.15) is 0 Å². The van der Waals surface area contributed by atoms with Crippen LogP contribution in [0.2, 0.25) is 0 Å². The summed E-state index contributed by atoms with van der Waals surface area (Å²) in [5, 5.41) is 15.4. The molecule has 1 heterocycles. The zero-order valence-corrected chi connectivity index (χ0v) is 12.6. The first-order valence-electron chi connectivity index (χ1n) is 7.11. The van der Waals surface area contributed by atoms with Crippen molar-refractivity contribution in [3.05, 3.63) is 21.9 Å². The Kier molecular flexibility index (Phi) is 4.63. The summed E-state index contributed by atoms with van der Waals surface area (Å²) < 4.78 is 0. The van der Waals surface area contributed by atoms with Crippen LogP contribution in [0.25, 0.3) is 0 Å². The Hall–Kier alpha value is -0.870. The lowest BCUT2D eigenvalue weighted by molar-refractivity contribution is -0.0109. The monoisotopic (exact) mass is 281 g/mol. The number of thiophene rings is 1. The molecule has 0 spiro atoms. The van der Waals surface area contributed by atoms with Crippen LogP contribution < -0.4 is 5.32 Å². The van der Waals surface area contributed by atoms with Crippen molar-refractivity contribution in [1.29, 1.82) is 0 Å². The zero-order valence-electron chi connectivity index (χ0n) is 11.7. The summed E-state index contributed by atoms with van der Waals surface area (Å²) in [5.41, 5.74) is 0.378. The number of aryl methyl sites for hydroxylation is 1. The Morgan fingerprint density at radius 2 is 2.42 bits per heavy atom. The molecule has 106 valence electrons. The van der Waals surface area contributed by atoms with Crippen molar-refractivity contribution < 1.29 is 9.90 Å². The predicted molar refractivity (Wildman–Crippen MR) is 78.6 cm³/mol. The summed E-state index contributed by atoms with van der Waals surface area (Å²) in [6.45, 7) is 4.59. The van der Waals surface area contributed by atoms with Crippen LogP contribution in [0, 0.1) is 5.92 Å². The molecule has 0 aliphatic heterocycles. The fourth-order valence-electron chi connectivity index (χ4n) is 2.93. The first kappa shape index (κ1) is 14.5. The number of carbonyl (C=O) groups is 1. The summed E-state index contributed by atoms with van der Waals surface area (Å²) in [4.78, 5) is 12.9. The standard InChI is InChI=1S/C15H23NO2S/c1-3-12-6-8-19-13(12)14(17)16-10-15(18)7-4-5-11(2)9-15/h6,8,11,18H,3-5,7,9-10H2,1-2H3,(H,16,17). The molecule has 0 saturated heterocycles. The molecule has 1 aliphatic carbocycles. The van der Waals surface area contributed by atoms with E-state index in [9.17, 15) is 9.90 Å². The maximum Gasteiger partial charge on any atom is 0.261 e. The molecule has 2 N–H and O–H groups in total. The maximum absolute atomic E-state index is 12.1. The average molecular weight is 281 g/mol. The molecule has 1 aromatic heterocycles. The molecule has 2 atom stereocenters. The minimum Gasteiger partial charge on any atom is -0.388 e. The highest BCUT2D eigenvalue weighted by Gasteiger charge is 2.33. The van der Waals surface area contributed by atoms with E-state index in [0.29, 0.717) is 12.5 Å². The van der Waals surface area contributed by atoms with Gasteiger partial charge in [0.05, 0.1) is 10.5 Å². The van der Waals surface area contributed by atoms with Gasteiger partial charge in [-0.25, -0.2) is 0 Å². The van der Waals surface area contributed by atoms with Gasteiger partial charge in [0, 0.05) is 6.54 Å². The van der Waals surface area contributed by atoms with Crippen LogP contribution >= 0.6 is 11.3 Å². The van der Waals surface area contributed by atoms with Crippen LogP contribution in [0.4, 0.5) is 0 Å². The molecule has 2 unspecified atom stereocenters. The van der Waals surface area contributed by atoms with E-state index in [0.717, 1.165) is 36.1 Å². The summed E-state index contributed by atoms with van der Waals surface area (Å²) >= 11 is 1.47. The molecule has 1 aromatic rings. The van der Waals surface area contributed by atoms with E-state index in [4.69, 9.17) is 0 Å². The lowest BCUT2D eigenvalue weighted by Crippen LogP contribution is -2.45. The van der Waals surface area contributed by atoms with Crippen molar-refractivity contribution in [2.45, 2.75) is 51.6 Å². The second kappa shape index (κ2) is 6.06. The molecule has 1 aliphatic rings. The number of carbonyl (C=O) groups excluding carboxylic acids is 1. The van der Waals surface area contributed by atoms with Gasteiger partial charge in [0.1, 0.15) is 0 Å². The van der Waals surface area contributed by atoms with E-state index in [-0.39, 0.29) is 5.91 Å². The number of hydrogen-bond acceptors (Lipinski definition) is 3. The second-order valence-electron chi connectivity index (χ2n) is 5.74. The number of rotatable bonds is 4. The molecule has 1 fully saturated rings. The Morgan fingerprint density at radius 3 is 3.11 bits per heavy atom. The molecule has 1 amide bonds. The third-order valence-electron chi connectivity index (χ3n) is 3.98. The van der Waals surface area contributed by atoms with Gasteiger partial charge in [0.15, 0.2) is 0 Å². The lowest BCUT2D eigenvalue weighted by Gasteiger charge is -2.35. The quantitative estimate of drug-likeness (QED) is 0.891. The highest BCUT2D eigenvalue weighted by Crippen LogP contribution is 2.31. The van der Waals surface area contributed by atoms with E-state index >= 15 is 0 Å². The number of hydrogen-bond donors (Lipinski definition) is 2. The first-order valence-corrected chi connectivity index (χ1v) is 7.99. The zero-order chi connectivity index (χ0) is 13.9. The molecular formula is C15H23NO2S. The van der Waals surface area contributed by atoms with Crippen LogP contribution in [0.1, 0.15) is 54.8 Å². The van der Waals surface area contributed by atoms with Gasteiger partial charge in [0.25, 0.3) is 5.91 Å². The topological polar surface area (TPSA) is 49.3 Å². The summed E-state index contributed by atoms with van der Waals surface area (Å²) in [7, 11) is 0. The van der Waals surface area contributed by atoms with E-state index in [1.165, 1.54) is 17.8 Å². The predicted octanol–water partition coefficient (Wildman–Crippen LogP) is 2.98. The molecule has 19 heavy (non-hydrogen) atoms. The largest absolute Gasteiger partial charge is 0.388 e.